The highest BCUT2D eigenvalue weighted by atomic mass is 32.1. The van der Waals surface area contributed by atoms with Crippen molar-refractivity contribution in [3.63, 3.8) is 0 Å². The molecule has 72 valence electrons. The van der Waals surface area contributed by atoms with Gasteiger partial charge in [0.2, 0.25) is 0 Å². The second-order valence-electron chi connectivity index (χ2n) is 3.28. The van der Waals surface area contributed by atoms with Gasteiger partial charge in [0.1, 0.15) is 0 Å². The van der Waals surface area contributed by atoms with Gasteiger partial charge in [-0.3, -0.25) is 0 Å². The van der Waals surface area contributed by atoms with Gasteiger partial charge in [0, 0.05) is 4.88 Å². The molecule has 0 bridgehead atoms. The van der Waals surface area contributed by atoms with Gasteiger partial charge < -0.3 is 5.11 Å². The molecule has 0 aliphatic carbocycles. The summed E-state index contributed by atoms with van der Waals surface area (Å²) in [6, 6.07) is 12.2. The van der Waals surface area contributed by atoms with Crippen LogP contribution in [0.15, 0.2) is 41.8 Å². The van der Waals surface area contributed by atoms with Crippen molar-refractivity contribution in [3.8, 4) is 10.4 Å². The zero-order valence-corrected chi connectivity index (χ0v) is 8.79. The van der Waals surface area contributed by atoms with Gasteiger partial charge in [-0.1, -0.05) is 30.3 Å². The Morgan fingerprint density at radius 1 is 1.14 bits per heavy atom. The molecule has 1 aromatic carbocycles. The maximum absolute atomic E-state index is 9.35. The van der Waals surface area contributed by atoms with Crippen LogP contribution in [0.4, 0.5) is 0 Å². The topological polar surface area (TPSA) is 20.2 Å². The highest BCUT2D eigenvalue weighted by Crippen LogP contribution is 2.25. The average Bonchev–Trinajstić information content (AvgIpc) is 2.71. The minimum atomic E-state index is -0.382. The number of hydrogen-bond acceptors (Lipinski definition) is 2. The summed E-state index contributed by atoms with van der Waals surface area (Å²) in [7, 11) is 0. The molecule has 1 aromatic heterocycles. The number of hydrogen-bond donors (Lipinski definition) is 1. The van der Waals surface area contributed by atoms with Gasteiger partial charge in [-0.2, -0.15) is 0 Å². The molecule has 0 spiro atoms. The van der Waals surface area contributed by atoms with Crippen molar-refractivity contribution < 1.29 is 5.11 Å². The molecule has 0 radical (unpaired) electrons. The maximum Gasteiger partial charge on any atom is 0.0761 e. The maximum atomic E-state index is 9.35. The minimum Gasteiger partial charge on any atom is -0.389 e. The fourth-order valence-corrected chi connectivity index (χ4v) is 2.10. The van der Waals surface area contributed by atoms with Gasteiger partial charge in [-0.25, -0.2) is 0 Å². The van der Waals surface area contributed by atoms with Crippen molar-refractivity contribution in [3.05, 3.63) is 47.3 Å². The molecule has 0 aliphatic rings. The van der Waals surface area contributed by atoms with Gasteiger partial charge >= 0.3 is 0 Å². The highest BCUT2D eigenvalue weighted by Gasteiger charge is 2.01. The molecule has 14 heavy (non-hydrogen) atoms. The first kappa shape index (κ1) is 9.44. The third kappa shape index (κ3) is 1.86. The van der Waals surface area contributed by atoms with E-state index < -0.39 is 0 Å². The molecule has 0 amide bonds. The van der Waals surface area contributed by atoms with Gasteiger partial charge in [0.25, 0.3) is 0 Å². The van der Waals surface area contributed by atoms with Crippen LogP contribution in [-0.2, 0) is 0 Å². The van der Waals surface area contributed by atoms with Crippen molar-refractivity contribution in [1.29, 1.82) is 0 Å². The SMILES string of the molecule is CC(O)c1ccc(-c2cccs2)cc1. The molecule has 1 heterocycles. The monoisotopic (exact) mass is 204 g/mol. The Morgan fingerprint density at radius 3 is 2.36 bits per heavy atom. The van der Waals surface area contributed by atoms with Crippen LogP contribution in [-0.4, -0.2) is 5.11 Å². The molecule has 0 saturated carbocycles. The third-order valence-electron chi connectivity index (χ3n) is 2.20. The van der Waals surface area contributed by atoms with E-state index in [0.717, 1.165) is 5.56 Å². The predicted octanol–water partition coefficient (Wildman–Crippen LogP) is 3.47. The Kier molecular flexibility index (Phi) is 2.66. The summed E-state index contributed by atoms with van der Waals surface area (Å²) < 4.78 is 0. The number of rotatable bonds is 2. The van der Waals surface area contributed by atoms with Crippen LogP contribution in [0.3, 0.4) is 0 Å². The summed E-state index contributed by atoms with van der Waals surface area (Å²) >= 11 is 1.73. The molecule has 1 N–H and O–H groups in total. The summed E-state index contributed by atoms with van der Waals surface area (Å²) in [5, 5.41) is 11.4. The first-order chi connectivity index (χ1) is 6.77. The standard InChI is InChI=1S/C12H12OS/c1-9(13)10-4-6-11(7-5-10)12-3-2-8-14-12/h2-9,13H,1H3. The normalized spacial score (nSPS) is 12.7. The van der Waals surface area contributed by atoms with Gasteiger partial charge in [0.15, 0.2) is 0 Å². The van der Waals surface area contributed by atoms with E-state index in [-0.39, 0.29) is 6.10 Å². The molecule has 0 aliphatic heterocycles. The van der Waals surface area contributed by atoms with Crippen LogP contribution >= 0.6 is 11.3 Å². The fourth-order valence-electron chi connectivity index (χ4n) is 1.37. The minimum absolute atomic E-state index is 0.382. The Labute approximate surface area is 87.7 Å². The zero-order valence-electron chi connectivity index (χ0n) is 7.97. The van der Waals surface area contributed by atoms with E-state index in [1.165, 1.54) is 10.4 Å². The van der Waals surface area contributed by atoms with E-state index in [0.29, 0.717) is 0 Å². The van der Waals surface area contributed by atoms with Gasteiger partial charge in [-0.15, -0.1) is 11.3 Å². The summed E-state index contributed by atoms with van der Waals surface area (Å²) in [5.41, 5.74) is 2.18. The van der Waals surface area contributed by atoms with E-state index in [1.54, 1.807) is 18.3 Å². The Morgan fingerprint density at radius 2 is 1.86 bits per heavy atom. The third-order valence-corrected chi connectivity index (χ3v) is 3.12. The first-order valence-electron chi connectivity index (χ1n) is 4.59. The highest BCUT2D eigenvalue weighted by molar-refractivity contribution is 7.13. The van der Waals surface area contributed by atoms with Crippen molar-refractivity contribution in [2.24, 2.45) is 0 Å². The van der Waals surface area contributed by atoms with Gasteiger partial charge in [0.05, 0.1) is 6.10 Å². The van der Waals surface area contributed by atoms with E-state index in [4.69, 9.17) is 0 Å². The van der Waals surface area contributed by atoms with E-state index >= 15 is 0 Å². The van der Waals surface area contributed by atoms with E-state index in [2.05, 4.69) is 11.4 Å². The van der Waals surface area contributed by atoms with Crippen LogP contribution in [0.25, 0.3) is 10.4 Å². The second-order valence-corrected chi connectivity index (χ2v) is 4.22. The fraction of sp³-hybridized carbons (Fsp3) is 0.167. The second kappa shape index (κ2) is 3.95. The number of benzene rings is 1. The van der Waals surface area contributed by atoms with Gasteiger partial charge in [-0.05, 0) is 29.5 Å². The van der Waals surface area contributed by atoms with Crippen molar-refractivity contribution in [1.82, 2.24) is 0 Å². The lowest BCUT2D eigenvalue weighted by Gasteiger charge is -2.04. The van der Waals surface area contributed by atoms with Crippen LogP contribution < -0.4 is 0 Å². The zero-order chi connectivity index (χ0) is 9.97. The summed E-state index contributed by atoms with van der Waals surface area (Å²) in [6.07, 6.45) is -0.382. The summed E-state index contributed by atoms with van der Waals surface area (Å²) in [5.74, 6) is 0. The largest absolute Gasteiger partial charge is 0.389 e. The number of aliphatic hydroxyl groups is 1. The molecule has 1 unspecified atom stereocenters. The molecule has 2 heteroatoms. The smallest absolute Gasteiger partial charge is 0.0761 e. The predicted molar refractivity (Wildman–Crippen MR) is 60.4 cm³/mol. The Hall–Kier alpha value is -1.12. The Balaban J connectivity index is 2.31. The average molecular weight is 204 g/mol. The van der Waals surface area contributed by atoms with Crippen LogP contribution in [0.1, 0.15) is 18.6 Å². The lowest BCUT2D eigenvalue weighted by atomic mass is 10.1. The molecule has 1 nitrogen and oxygen atoms in total. The van der Waals surface area contributed by atoms with Crippen molar-refractivity contribution in [2.45, 2.75) is 13.0 Å². The Bertz CT molecular complexity index is 387. The quantitative estimate of drug-likeness (QED) is 0.794. The van der Waals surface area contributed by atoms with Crippen LogP contribution in [0.5, 0.6) is 0 Å². The van der Waals surface area contributed by atoms with E-state index in [1.807, 2.05) is 30.3 Å². The van der Waals surface area contributed by atoms with E-state index in [9.17, 15) is 5.11 Å². The molecule has 2 aromatic rings. The molecule has 0 fully saturated rings. The molecular weight excluding hydrogens is 192 g/mol. The van der Waals surface area contributed by atoms with Crippen LogP contribution in [0, 0.1) is 0 Å². The lowest BCUT2D eigenvalue weighted by molar-refractivity contribution is 0.199. The molecule has 0 saturated heterocycles. The summed E-state index contributed by atoms with van der Waals surface area (Å²) in [6.45, 7) is 1.78. The van der Waals surface area contributed by atoms with Crippen LogP contribution in [0.2, 0.25) is 0 Å². The van der Waals surface area contributed by atoms with Crippen molar-refractivity contribution >= 4 is 11.3 Å². The molecule has 1 atom stereocenters. The molecular formula is C12H12OS. The van der Waals surface area contributed by atoms with Crippen molar-refractivity contribution in [2.75, 3.05) is 0 Å². The number of aliphatic hydroxyl groups excluding tert-OH is 1. The molecule has 2 rings (SSSR count). The number of thiophene rings is 1. The first-order valence-corrected chi connectivity index (χ1v) is 5.47. The summed E-state index contributed by atoms with van der Waals surface area (Å²) in [4.78, 5) is 1.27. The lowest BCUT2D eigenvalue weighted by Crippen LogP contribution is -1.89.